The lowest BCUT2D eigenvalue weighted by atomic mass is 10.0. The molecule has 0 bridgehead atoms. The molecule has 0 aromatic carbocycles. The molecule has 0 aromatic rings. The SMILES string of the molecule is CCCCCCCCCCCCCCCCOCC1CN(CCCCBr)C(=O)CO1. The lowest BCUT2D eigenvalue weighted by Crippen LogP contribution is -2.48. The zero-order chi connectivity index (χ0) is 21.7. The standard InChI is InChI=1S/C25H48BrNO3/c1-2-3-4-5-6-7-8-9-10-11-12-13-14-17-20-29-22-24-21-27(19-16-15-18-26)25(28)23-30-24/h24H,2-23H2,1H3. The van der Waals surface area contributed by atoms with Gasteiger partial charge in [-0.05, 0) is 19.3 Å². The molecule has 0 spiro atoms. The Morgan fingerprint density at radius 2 is 1.43 bits per heavy atom. The van der Waals surface area contributed by atoms with Gasteiger partial charge in [-0.1, -0.05) is 106 Å². The lowest BCUT2D eigenvalue weighted by molar-refractivity contribution is -0.152. The molecule has 0 saturated carbocycles. The number of unbranched alkanes of at least 4 members (excludes halogenated alkanes) is 14. The van der Waals surface area contributed by atoms with Crippen LogP contribution in [-0.4, -0.2) is 55.2 Å². The number of halogens is 1. The molecular formula is C25H48BrNO3. The van der Waals surface area contributed by atoms with Crippen LogP contribution >= 0.6 is 15.9 Å². The zero-order valence-corrected chi connectivity index (χ0v) is 21.3. The van der Waals surface area contributed by atoms with Crippen LogP contribution in [0.15, 0.2) is 0 Å². The van der Waals surface area contributed by atoms with Crippen LogP contribution in [0.2, 0.25) is 0 Å². The van der Waals surface area contributed by atoms with Crippen LogP contribution in [0.1, 0.15) is 110 Å². The monoisotopic (exact) mass is 489 g/mol. The molecule has 1 rings (SSSR count). The normalized spacial score (nSPS) is 17.1. The number of carbonyl (C=O) groups excluding carboxylic acids is 1. The van der Waals surface area contributed by atoms with Gasteiger partial charge in [0, 0.05) is 25.0 Å². The quantitative estimate of drug-likeness (QED) is 0.130. The molecule has 1 aliphatic rings. The molecule has 5 heteroatoms. The summed E-state index contributed by atoms with van der Waals surface area (Å²) in [5, 5.41) is 0.997. The van der Waals surface area contributed by atoms with E-state index >= 15 is 0 Å². The van der Waals surface area contributed by atoms with Crippen LogP contribution in [0.4, 0.5) is 0 Å². The van der Waals surface area contributed by atoms with Gasteiger partial charge in [0.15, 0.2) is 0 Å². The van der Waals surface area contributed by atoms with E-state index in [0.717, 1.165) is 37.7 Å². The van der Waals surface area contributed by atoms with Gasteiger partial charge >= 0.3 is 0 Å². The molecular weight excluding hydrogens is 442 g/mol. The molecule has 30 heavy (non-hydrogen) atoms. The van der Waals surface area contributed by atoms with Gasteiger partial charge in [-0.3, -0.25) is 4.79 Å². The predicted octanol–water partition coefficient (Wildman–Crippen LogP) is 6.89. The fraction of sp³-hybridized carbons (Fsp3) is 0.960. The number of morpholine rings is 1. The fourth-order valence-electron chi connectivity index (χ4n) is 4.01. The maximum absolute atomic E-state index is 11.9. The van der Waals surface area contributed by atoms with Crippen molar-refractivity contribution in [3.63, 3.8) is 0 Å². The molecule has 1 unspecified atom stereocenters. The summed E-state index contributed by atoms with van der Waals surface area (Å²) < 4.78 is 11.4. The van der Waals surface area contributed by atoms with Crippen LogP contribution in [0.25, 0.3) is 0 Å². The molecule has 1 fully saturated rings. The minimum absolute atomic E-state index is 0.0401. The minimum Gasteiger partial charge on any atom is -0.379 e. The average molecular weight is 491 g/mol. The first-order chi connectivity index (χ1) is 14.8. The summed E-state index contributed by atoms with van der Waals surface area (Å²) in [6.45, 7) is 5.44. The maximum Gasteiger partial charge on any atom is 0.248 e. The van der Waals surface area contributed by atoms with E-state index in [1.165, 1.54) is 83.5 Å². The van der Waals surface area contributed by atoms with Gasteiger partial charge in [-0.25, -0.2) is 0 Å². The number of rotatable bonds is 21. The average Bonchev–Trinajstić information content (AvgIpc) is 2.75. The number of carbonyl (C=O) groups is 1. The van der Waals surface area contributed by atoms with E-state index in [-0.39, 0.29) is 18.6 Å². The summed E-state index contributed by atoms with van der Waals surface area (Å²) >= 11 is 3.44. The summed E-state index contributed by atoms with van der Waals surface area (Å²) in [6.07, 6.45) is 21.5. The smallest absolute Gasteiger partial charge is 0.248 e. The minimum atomic E-state index is 0.0401. The van der Waals surface area contributed by atoms with Crippen LogP contribution in [-0.2, 0) is 14.3 Å². The predicted molar refractivity (Wildman–Crippen MR) is 130 cm³/mol. The Morgan fingerprint density at radius 1 is 0.867 bits per heavy atom. The molecule has 1 heterocycles. The molecule has 178 valence electrons. The zero-order valence-electron chi connectivity index (χ0n) is 19.7. The summed E-state index contributed by atoms with van der Waals surface area (Å²) in [5.74, 6) is 0.118. The second kappa shape index (κ2) is 20.8. The summed E-state index contributed by atoms with van der Waals surface area (Å²) in [4.78, 5) is 13.8. The Kier molecular flexibility index (Phi) is 19.3. The van der Waals surface area contributed by atoms with Gasteiger partial charge in [0.05, 0.1) is 12.7 Å². The molecule has 1 aliphatic heterocycles. The van der Waals surface area contributed by atoms with Gasteiger partial charge in [-0.2, -0.15) is 0 Å². The van der Waals surface area contributed by atoms with Crippen LogP contribution in [0, 0.1) is 0 Å². The third-order valence-corrected chi connectivity index (χ3v) is 6.54. The number of ether oxygens (including phenoxy) is 2. The van der Waals surface area contributed by atoms with Crippen molar-refractivity contribution in [2.24, 2.45) is 0 Å². The van der Waals surface area contributed by atoms with Gasteiger partial charge in [0.25, 0.3) is 0 Å². The Labute approximate surface area is 195 Å². The van der Waals surface area contributed by atoms with Gasteiger partial charge < -0.3 is 14.4 Å². The third-order valence-electron chi connectivity index (χ3n) is 5.98. The van der Waals surface area contributed by atoms with Crippen molar-refractivity contribution in [2.45, 2.75) is 116 Å². The molecule has 1 amide bonds. The van der Waals surface area contributed by atoms with E-state index in [4.69, 9.17) is 9.47 Å². The molecule has 4 nitrogen and oxygen atoms in total. The second-order valence-corrected chi connectivity index (χ2v) is 9.63. The first-order valence-corrected chi connectivity index (χ1v) is 13.9. The van der Waals surface area contributed by atoms with Crippen molar-refractivity contribution in [1.29, 1.82) is 0 Å². The maximum atomic E-state index is 11.9. The number of hydrogen-bond acceptors (Lipinski definition) is 3. The Morgan fingerprint density at radius 3 is 2.00 bits per heavy atom. The van der Waals surface area contributed by atoms with E-state index in [0.29, 0.717) is 13.2 Å². The highest BCUT2D eigenvalue weighted by atomic mass is 79.9. The van der Waals surface area contributed by atoms with Crippen molar-refractivity contribution in [3.05, 3.63) is 0 Å². The lowest BCUT2D eigenvalue weighted by Gasteiger charge is -2.32. The first kappa shape index (κ1) is 27.9. The van der Waals surface area contributed by atoms with Crippen molar-refractivity contribution in [2.75, 3.05) is 38.2 Å². The number of hydrogen-bond donors (Lipinski definition) is 0. The fourth-order valence-corrected chi connectivity index (χ4v) is 4.40. The van der Waals surface area contributed by atoms with Crippen molar-refractivity contribution in [3.8, 4) is 0 Å². The highest BCUT2D eigenvalue weighted by molar-refractivity contribution is 9.09. The molecule has 0 aromatic heterocycles. The summed E-state index contributed by atoms with van der Waals surface area (Å²) in [5.41, 5.74) is 0. The molecule has 0 aliphatic carbocycles. The van der Waals surface area contributed by atoms with Crippen molar-refractivity contribution in [1.82, 2.24) is 4.90 Å². The Bertz CT molecular complexity index is 395. The van der Waals surface area contributed by atoms with Crippen LogP contribution < -0.4 is 0 Å². The van der Waals surface area contributed by atoms with Crippen LogP contribution in [0.3, 0.4) is 0 Å². The number of alkyl halides is 1. The van der Waals surface area contributed by atoms with Crippen molar-refractivity contribution >= 4 is 21.8 Å². The third kappa shape index (κ3) is 15.6. The number of nitrogens with zero attached hydrogens (tertiary/aromatic N) is 1. The number of amides is 1. The summed E-state index contributed by atoms with van der Waals surface area (Å²) in [7, 11) is 0. The largest absolute Gasteiger partial charge is 0.379 e. The van der Waals surface area contributed by atoms with Gasteiger partial charge in [0.2, 0.25) is 5.91 Å². The van der Waals surface area contributed by atoms with E-state index in [1.54, 1.807) is 0 Å². The topological polar surface area (TPSA) is 38.8 Å². The molecule has 1 saturated heterocycles. The van der Waals surface area contributed by atoms with Gasteiger partial charge in [-0.15, -0.1) is 0 Å². The van der Waals surface area contributed by atoms with E-state index in [9.17, 15) is 4.79 Å². The van der Waals surface area contributed by atoms with E-state index in [1.807, 2.05) is 4.90 Å². The van der Waals surface area contributed by atoms with E-state index in [2.05, 4.69) is 22.9 Å². The van der Waals surface area contributed by atoms with Crippen LogP contribution in [0.5, 0.6) is 0 Å². The van der Waals surface area contributed by atoms with Gasteiger partial charge in [0.1, 0.15) is 6.61 Å². The highest BCUT2D eigenvalue weighted by Gasteiger charge is 2.25. The Hall–Kier alpha value is -0.130. The molecule has 1 atom stereocenters. The molecule has 0 N–H and O–H groups in total. The highest BCUT2D eigenvalue weighted by Crippen LogP contribution is 2.13. The Balaban J connectivity index is 1.83. The first-order valence-electron chi connectivity index (χ1n) is 12.8. The van der Waals surface area contributed by atoms with E-state index < -0.39 is 0 Å². The molecule has 0 radical (unpaired) electrons. The van der Waals surface area contributed by atoms with Crippen molar-refractivity contribution < 1.29 is 14.3 Å². The summed E-state index contributed by atoms with van der Waals surface area (Å²) in [6, 6.07) is 0. The second-order valence-electron chi connectivity index (χ2n) is 8.84.